The van der Waals surface area contributed by atoms with Gasteiger partial charge in [-0.1, -0.05) is 27.5 Å². The van der Waals surface area contributed by atoms with Gasteiger partial charge in [0.2, 0.25) is 0 Å². The van der Waals surface area contributed by atoms with Crippen molar-refractivity contribution in [2.24, 2.45) is 0 Å². The molecule has 0 aliphatic rings. The topological polar surface area (TPSA) is 30.5 Å². The number of methoxy groups -OCH3 is 1. The Labute approximate surface area is 103 Å². The molecule has 0 amide bonds. The van der Waals surface area contributed by atoms with E-state index in [1.54, 1.807) is 7.11 Å². The van der Waals surface area contributed by atoms with Crippen LogP contribution in [0.15, 0.2) is 22.7 Å². The molecule has 15 heavy (non-hydrogen) atoms. The summed E-state index contributed by atoms with van der Waals surface area (Å²) in [6.07, 6.45) is 0. The van der Waals surface area contributed by atoms with Gasteiger partial charge in [-0.2, -0.15) is 5.48 Å². The van der Waals surface area contributed by atoms with E-state index in [1.807, 2.05) is 18.2 Å². The Kier molecular flexibility index (Phi) is 6.20. The SMILES string of the molecule is COCCONCc1cc(Cl)ccc1Br. The summed E-state index contributed by atoms with van der Waals surface area (Å²) in [4.78, 5) is 5.13. The zero-order valence-electron chi connectivity index (χ0n) is 8.43. The fourth-order valence-corrected chi connectivity index (χ4v) is 1.59. The summed E-state index contributed by atoms with van der Waals surface area (Å²) in [6, 6.07) is 5.63. The Morgan fingerprint density at radius 1 is 1.40 bits per heavy atom. The Morgan fingerprint density at radius 3 is 2.93 bits per heavy atom. The first kappa shape index (κ1) is 12.9. The lowest BCUT2D eigenvalue weighted by Gasteiger charge is -2.07. The third-order valence-corrected chi connectivity index (χ3v) is 2.77. The number of halogens is 2. The standard InChI is InChI=1S/C10H13BrClNO2/c1-14-4-5-15-13-7-8-6-9(12)2-3-10(8)11/h2-3,6,13H,4-5,7H2,1H3. The van der Waals surface area contributed by atoms with Crippen LogP contribution in [0.25, 0.3) is 0 Å². The molecule has 84 valence electrons. The highest BCUT2D eigenvalue weighted by Gasteiger charge is 2.00. The van der Waals surface area contributed by atoms with Crippen LogP contribution in [0, 0.1) is 0 Å². The first-order valence-electron chi connectivity index (χ1n) is 4.51. The molecular formula is C10H13BrClNO2. The fraction of sp³-hybridized carbons (Fsp3) is 0.400. The van der Waals surface area contributed by atoms with Gasteiger partial charge in [-0.05, 0) is 23.8 Å². The third kappa shape index (κ3) is 4.95. The fourth-order valence-electron chi connectivity index (χ4n) is 1.00. The lowest BCUT2D eigenvalue weighted by molar-refractivity contribution is 0.00339. The molecule has 0 atom stereocenters. The van der Waals surface area contributed by atoms with Crippen molar-refractivity contribution >= 4 is 27.5 Å². The lowest BCUT2D eigenvalue weighted by Crippen LogP contribution is -2.17. The molecule has 0 fully saturated rings. The Bertz CT molecular complexity index is 309. The molecule has 5 heteroatoms. The largest absolute Gasteiger partial charge is 0.382 e. The molecule has 1 N–H and O–H groups in total. The average molecular weight is 295 g/mol. The molecule has 1 aromatic rings. The van der Waals surface area contributed by atoms with Crippen molar-refractivity contribution < 1.29 is 9.57 Å². The van der Waals surface area contributed by atoms with Crippen molar-refractivity contribution in [2.45, 2.75) is 6.54 Å². The van der Waals surface area contributed by atoms with Crippen LogP contribution in [0.2, 0.25) is 5.02 Å². The van der Waals surface area contributed by atoms with Gasteiger partial charge < -0.3 is 4.74 Å². The highest BCUT2D eigenvalue weighted by atomic mass is 79.9. The van der Waals surface area contributed by atoms with E-state index in [9.17, 15) is 0 Å². The highest BCUT2D eigenvalue weighted by molar-refractivity contribution is 9.10. The van der Waals surface area contributed by atoms with Crippen molar-refractivity contribution in [2.75, 3.05) is 20.3 Å². The number of nitrogens with one attached hydrogen (secondary N) is 1. The second kappa shape index (κ2) is 7.19. The maximum atomic E-state index is 5.87. The summed E-state index contributed by atoms with van der Waals surface area (Å²) in [7, 11) is 1.64. The predicted molar refractivity (Wildman–Crippen MR) is 63.8 cm³/mol. The number of ether oxygens (including phenoxy) is 1. The van der Waals surface area contributed by atoms with Crippen LogP contribution in [-0.2, 0) is 16.1 Å². The maximum absolute atomic E-state index is 5.87. The van der Waals surface area contributed by atoms with E-state index in [0.717, 1.165) is 10.0 Å². The number of hydroxylamine groups is 1. The van der Waals surface area contributed by atoms with Crippen LogP contribution in [0.1, 0.15) is 5.56 Å². The van der Waals surface area contributed by atoms with Gasteiger partial charge in [-0.15, -0.1) is 0 Å². The van der Waals surface area contributed by atoms with E-state index in [1.165, 1.54) is 0 Å². The van der Waals surface area contributed by atoms with E-state index < -0.39 is 0 Å². The number of hydrogen-bond donors (Lipinski definition) is 1. The molecule has 0 unspecified atom stereocenters. The van der Waals surface area contributed by atoms with Crippen molar-refractivity contribution in [3.8, 4) is 0 Å². The minimum absolute atomic E-state index is 0.523. The maximum Gasteiger partial charge on any atom is 0.0916 e. The molecule has 0 heterocycles. The summed E-state index contributed by atoms with van der Waals surface area (Å²) in [5.74, 6) is 0. The highest BCUT2D eigenvalue weighted by Crippen LogP contribution is 2.20. The smallest absolute Gasteiger partial charge is 0.0916 e. The molecule has 0 saturated heterocycles. The van der Waals surface area contributed by atoms with Gasteiger partial charge in [-0.3, -0.25) is 4.84 Å². The number of hydrogen-bond acceptors (Lipinski definition) is 3. The molecule has 3 nitrogen and oxygen atoms in total. The van der Waals surface area contributed by atoms with Gasteiger partial charge in [0.15, 0.2) is 0 Å². The molecule has 0 bridgehead atoms. The first-order chi connectivity index (χ1) is 7.24. The molecule has 0 aromatic heterocycles. The molecular weight excluding hydrogens is 281 g/mol. The molecule has 0 saturated carbocycles. The molecule has 0 spiro atoms. The Balaban J connectivity index is 2.33. The summed E-state index contributed by atoms with van der Waals surface area (Å²) in [5.41, 5.74) is 3.89. The summed E-state index contributed by atoms with van der Waals surface area (Å²) < 4.78 is 5.85. The third-order valence-electron chi connectivity index (χ3n) is 1.76. The minimum Gasteiger partial charge on any atom is -0.382 e. The van der Waals surface area contributed by atoms with Crippen LogP contribution in [-0.4, -0.2) is 20.3 Å². The number of benzene rings is 1. The zero-order valence-corrected chi connectivity index (χ0v) is 10.8. The van der Waals surface area contributed by atoms with Crippen molar-refractivity contribution in [3.05, 3.63) is 33.3 Å². The second-order valence-electron chi connectivity index (χ2n) is 2.90. The van der Waals surface area contributed by atoms with Crippen molar-refractivity contribution in [1.82, 2.24) is 5.48 Å². The van der Waals surface area contributed by atoms with E-state index >= 15 is 0 Å². The van der Waals surface area contributed by atoms with Crippen LogP contribution in [0.5, 0.6) is 0 Å². The van der Waals surface area contributed by atoms with E-state index in [-0.39, 0.29) is 0 Å². The number of rotatable bonds is 6. The predicted octanol–water partition coefficient (Wildman–Crippen LogP) is 2.77. The normalized spacial score (nSPS) is 10.6. The van der Waals surface area contributed by atoms with Crippen LogP contribution in [0.3, 0.4) is 0 Å². The molecule has 0 aliphatic carbocycles. The quantitative estimate of drug-likeness (QED) is 0.646. The second-order valence-corrected chi connectivity index (χ2v) is 4.19. The van der Waals surface area contributed by atoms with Crippen LogP contribution >= 0.6 is 27.5 Å². The minimum atomic E-state index is 0.523. The Morgan fingerprint density at radius 2 is 2.20 bits per heavy atom. The summed E-state index contributed by atoms with van der Waals surface area (Å²) in [5, 5.41) is 0.715. The average Bonchev–Trinajstić information content (AvgIpc) is 2.23. The van der Waals surface area contributed by atoms with Crippen LogP contribution < -0.4 is 5.48 Å². The van der Waals surface area contributed by atoms with Gasteiger partial charge in [-0.25, -0.2) is 0 Å². The summed E-state index contributed by atoms with van der Waals surface area (Å²) in [6.45, 7) is 1.70. The first-order valence-corrected chi connectivity index (χ1v) is 5.68. The van der Waals surface area contributed by atoms with Gasteiger partial charge in [0.1, 0.15) is 0 Å². The van der Waals surface area contributed by atoms with Crippen LogP contribution in [0.4, 0.5) is 0 Å². The van der Waals surface area contributed by atoms with Gasteiger partial charge in [0.05, 0.1) is 13.2 Å². The van der Waals surface area contributed by atoms with E-state index in [4.69, 9.17) is 21.2 Å². The monoisotopic (exact) mass is 293 g/mol. The van der Waals surface area contributed by atoms with E-state index in [2.05, 4.69) is 21.4 Å². The zero-order chi connectivity index (χ0) is 11.1. The molecule has 0 radical (unpaired) electrons. The van der Waals surface area contributed by atoms with Gasteiger partial charge >= 0.3 is 0 Å². The molecule has 0 aliphatic heterocycles. The lowest BCUT2D eigenvalue weighted by atomic mass is 10.2. The Hall–Kier alpha value is -0.130. The molecule has 1 rings (SSSR count). The van der Waals surface area contributed by atoms with Crippen molar-refractivity contribution in [1.29, 1.82) is 0 Å². The molecule has 1 aromatic carbocycles. The summed E-state index contributed by atoms with van der Waals surface area (Å²) >= 11 is 9.30. The van der Waals surface area contributed by atoms with Gasteiger partial charge in [0.25, 0.3) is 0 Å². The van der Waals surface area contributed by atoms with Crippen molar-refractivity contribution in [3.63, 3.8) is 0 Å². The van der Waals surface area contributed by atoms with Gasteiger partial charge in [0, 0.05) is 23.1 Å². The van der Waals surface area contributed by atoms with E-state index in [0.29, 0.717) is 24.8 Å².